The largest absolute Gasteiger partial charge is 0.396 e. The molecule has 124 valence electrons. The lowest BCUT2D eigenvalue weighted by Crippen LogP contribution is -2.16. The van der Waals surface area contributed by atoms with Crippen molar-refractivity contribution >= 4 is 61.7 Å². The molecule has 0 saturated heterocycles. The van der Waals surface area contributed by atoms with Gasteiger partial charge >= 0.3 is 0 Å². The fraction of sp³-hybridized carbons (Fsp3) is 1.00. The molecule has 20 heavy (non-hydrogen) atoms. The number of hydrogen-bond donors (Lipinski definition) is 2. The van der Waals surface area contributed by atoms with Gasteiger partial charge in [0.15, 0.2) is 0 Å². The highest BCUT2D eigenvalue weighted by atomic mass is 33.8. The molecule has 0 aliphatic carbocycles. The molecular weight excluding hydrogens is 373 g/mol. The smallest absolute Gasteiger partial charge is 0.0713 e. The summed E-state index contributed by atoms with van der Waals surface area (Å²) in [7, 11) is 4.27. The van der Waals surface area contributed by atoms with E-state index in [0.717, 1.165) is 42.0 Å². The van der Waals surface area contributed by atoms with Gasteiger partial charge in [-0.3, -0.25) is 0 Å². The van der Waals surface area contributed by atoms with Crippen LogP contribution < -0.4 is 0 Å². The van der Waals surface area contributed by atoms with Crippen molar-refractivity contribution in [1.82, 2.24) is 0 Å². The van der Waals surface area contributed by atoms with Crippen molar-refractivity contribution in [2.24, 2.45) is 5.41 Å². The molecule has 0 rings (SSSR count). The zero-order valence-electron chi connectivity index (χ0n) is 12.5. The highest BCUT2D eigenvalue weighted by Crippen LogP contribution is 2.69. The second-order valence-corrected chi connectivity index (χ2v) is 19.5. The van der Waals surface area contributed by atoms with Gasteiger partial charge in [-0.25, -0.2) is 0 Å². The third-order valence-corrected chi connectivity index (χ3v) is 15.1. The van der Waals surface area contributed by atoms with E-state index in [0.29, 0.717) is 0 Å². The summed E-state index contributed by atoms with van der Waals surface area (Å²) in [4.78, 5) is 0. The van der Waals surface area contributed by atoms with E-state index in [1.165, 1.54) is 12.0 Å². The summed E-state index contributed by atoms with van der Waals surface area (Å²) >= 11 is 2.49. The van der Waals surface area contributed by atoms with Crippen LogP contribution in [0.2, 0.25) is 0 Å². The average molecular weight is 399 g/mol. The molecule has 0 aliphatic heterocycles. The molecule has 0 fully saturated rings. The van der Waals surface area contributed by atoms with Crippen molar-refractivity contribution in [3.05, 3.63) is 0 Å². The van der Waals surface area contributed by atoms with Gasteiger partial charge in [0.05, 0.1) is 6.61 Å². The van der Waals surface area contributed by atoms with E-state index in [4.69, 9.17) is 13.8 Å². The molecule has 0 radical (unpaired) electrons. The fourth-order valence-electron chi connectivity index (χ4n) is 1.01. The minimum Gasteiger partial charge on any atom is -0.396 e. The van der Waals surface area contributed by atoms with E-state index in [-0.39, 0.29) is 12.0 Å². The lowest BCUT2D eigenvalue weighted by Gasteiger charge is -2.23. The van der Waals surface area contributed by atoms with E-state index in [2.05, 4.69) is 26.4 Å². The van der Waals surface area contributed by atoms with Crippen LogP contribution in [0, 0.1) is 5.41 Å². The number of rotatable bonds is 13. The molecule has 0 aromatic heterocycles. The Morgan fingerprint density at radius 2 is 1.90 bits per heavy atom. The lowest BCUT2D eigenvalue weighted by atomic mass is 9.89. The van der Waals surface area contributed by atoms with Crippen molar-refractivity contribution in [3.8, 4) is 0 Å². The van der Waals surface area contributed by atoms with Gasteiger partial charge in [0.2, 0.25) is 0 Å². The molecule has 0 saturated carbocycles. The molecule has 0 heterocycles. The summed E-state index contributed by atoms with van der Waals surface area (Å²) in [6.45, 7) is 5.15. The fourth-order valence-corrected chi connectivity index (χ4v) is 12.7. The van der Waals surface area contributed by atoms with E-state index >= 15 is 0 Å². The maximum atomic E-state index is 9.13. The number of aliphatic hydroxyl groups excluding tert-OH is 1. The Labute approximate surface area is 144 Å². The zero-order valence-corrected chi connectivity index (χ0v) is 17.4. The van der Waals surface area contributed by atoms with E-state index in [9.17, 15) is 0 Å². The molecule has 9 heteroatoms. The van der Waals surface area contributed by atoms with Crippen molar-refractivity contribution in [1.29, 1.82) is 0 Å². The number of hydrogen-bond acceptors (Lipinski definition) is 8. The highest BCUT2D eigenvalue weighted by molar-refractivity contribution is 9.43. The monoisotopic (exact) mass is 398 g/mol. The van der Waals surface area contributed by atoms with Crippen LogP contribution in [0.25, 0.3) is 0 Å². The van der Waals surface area contributed by atoms with Gasteiger partial charge < -0.3 is 13.8 Å². The predicted octanol–water partition coefficient (Wildman–Crippen LogP) is 5.58. The average Bonchev–Trinajstić information content (AvgIpc) is 2.41. The van der Waals surface area contributed by atoms with E-state index in [1.54, 1.807) is 30.4 Å². The lowest BCUT2D eigenvalue weighted by molar-refractivity contribution is 0.150. The molecule has 3 nitrogen and oxygen atoms in total. The van der Waals surface area contributed by atoms with Crippen LogP contribution in [-0.2, 0) is 4.18 Å². The van der Waals surface area contributed by atoms with Gasteiger partial charge in [0, 0.05) is 29.2 Å². The molecule has 0 atom stereocenters. The molecule has 0 aliphatic rings. The Balaban J connectivity index is 3.26. The Morgan fingerprint density at radius 3 is 2.50 bits per heavy atom. The maximum Gasteiger partial charge on any atom is 0.0713 e. The summed E-state index contributed by atoms with van der Waals surface area (Å²) in [6.07, 6.45) is 6.26. The maximum absolute atomic E-state index is 9.13. The molecule has 0 unspecified atom stereocenters. The van der Waals surface area contributed by atoms with Gasteiger partial charge in [-0.05, 0) is 62.5 Å². The van der Waals surface area contributed by atoms with Gasteiger partial charge in [0.25, 0.3) is 0 Å². The molecule has 2 N–H and O–H groups in total. The first-order chi connectivity index (χ1) is 9.33. The Hall–Kier alpha value is 1.98. The summed E-state index contributed by atoms with van der Waals surface area (Å²) in [5, 5.41) is 9.13. The SMILES string of the molecule is CC(C)(CO)CCCSOCCSSSS(C)(C)SO. The summed E-state index contributed by atoms with van der Waals surface area (Å²) in [5.41, 5.74) is 0.0319. The zero-order chi connectivity index (χ0) is 15.5. The minimum absolute atomic E-state index is 0.0319. The highest BCUT2D eigenvalue weighted by Gasteiger charge is 2.15. The second-order valence-electron chi connectivity index (χ2n) is 5.25. The van der Waals surface area contributed by atoms with Crippen LogP contribution in [-0.4, -0.2) is 46.9 Å². The molecule has 0 aromatic rings. The molecule has 0 spiro atoms. The quantitative estimate of drug-likeness (QED) is 0.237. The van der Waals surface area contributed by atoms with Crippen molar-refractivity contribution in [2.45, 2.75) is 26.7 Å². The van der Waals surface area contributed by atoms with Crippen LogP contribution in [0.3, 0.4) is 0 Å². The first kappa shape index (κ1) is 22.0. The topological polar surface area (TPSA) is 49.7 Å². The molecular formula is C11H26O3S6. The van der Waals surface area contributed by atoms with Gasteiger partial charge in [-0.15, -0.1) is 8.09 Å². The van der Waals surface area contributed by atoms with Gasteiger partial charge in [0.1, 0.15) is 0 Å². The number of aliphatic hydroxyl groups is 1. The standard InChI is InChI=1S/C11H26O3S6/c1-11(2,10-12)6-5-8-15-14-7-9-16-18-19-20(3,4)17-13/h12-13H,5-10H2,1-4H3. The Morgan fingerprint density at radius 1 is 1.20 bits per heavy atom. The Bertz CT molecular complexity index is 216. The second kappa shape index (κ2) is 12.4. The molecule has 0 amide bonds. The summed E-state index contributed by atoms with van der Waals surface area (Å²) in [6, 6.07) is 0. The molecule has 0 aromatic carbocycles. The van der Waals surface area contributed by atoms with Crippen LogP contribution in [0.15, 0.2) is 0 Å². The summed E-state index contributed by atoms with van der Waals surface area (Å²) in [5.74, 6) is 1.94. The first-order valence-electron chi connectivity index (χ1n) is 6.22. The van der Waals surface area contributed by atoms with Crippen LogP contribution in [0.5, 0.6) is 0 Å². The van der Waals surface area contributed by atoms with Crippen LogP contribution in [0.4, 0.5) is 0 Å². The molecule has 0 bridgehead atoms. The van der Waals surface area contributed by atoms with E-state index in [1.807, 2.05) is 0 Å². The third-order valence-electron chi connectivity index (χ3n) is 2.26. The van der Waals surface area contributed by atoms with Crippen LogP contribution in [0.1, 0.15) is 26.7 Å². The van der Waals surface area contributed by atoms with E-state index < -0.39 is 8.09 Å². The van der Waals surface area contributed by atoms with Crippen molar-refractivity contribution < 1.29 is 13.8 Å². The Kier molecular flexibility index (Phi) is 13.6. The normalized spacial score (nSPS) is 13.7. The van der Waals surface area contributed by atoms with Crippen molar-refractivity contribution in [3.63, 3.8) is 0 Å². The summed E-state index contributed by atoms with van der Waals surface area (Å²) < 4.78 is 14.6. The predicted molar refractivity (Wildman–Crippen MR) is 106 cm³/mol. The van der Waals surface area contributed by atoms with Crippen molar-refractivity contribution in [2.75, 3.05) is 37.2 Å². The first-order valence-corrected chi connectivity index (χ1v) is 15.0. The van der Waals surface area contributed by atoms with Gasteiger partial charge in [-0.2, -0.15) is 0 Å². The van der Waals surface area contributed by atoms with Crippen LogP contribution >= 0.6 is 61.7 Å². The van der Waals surface area contributed by atoms with Gasteiger partial charge in [-0.1, -0.05) is 24.6 Å². The minimum atomic E-state index is -0.976. The third kappa shape index (κ3) is 13.6.